The lowest BCUT2D eigenvalue weighted by Crippen LogP contribution is -3.00. The van der Waals surface area contributed by atoms with E-state index in [-0.39, 0.29) is 12.4 Å². The maximum atomic E-state index is 9.10. The first-order chi connectivity index (χ1) is 4.75. The summed E-state index contributed by atoms with van der Waals surface area (Å²) in [5.74, 6) is 1.36. The number of hydrogen-bond donors (Lipinski definition) is 2. The normalized spacial score (nSPS) is 9.27. The lowest BCUT2D eigenvalue weighted by molar-refractivity contribution is -0.683. The van der Waals surface area contributed by atoms with Gasteiger partial charge in [-0.25, -0.2) is 9.55 Å². The van der Waals surface area contributed by atoms with Gasteiger partial charge >= 0.3 is 5.88 Å². The highest BCUT2D eigenvalue weighted by Gasteiger charge is 2.10. The molecule has 0 fully saturated rings. The Balaban J connectivity index is 0.000001000. The molecule has 0 atom stereocenters. The zero-order valence-electron chi connectivity index (χ0n) is 6.76. The molecule has 0 bridgehead atoms. The minimum Gasteiger partial charge on any atom is -1.00 e. The van der Waals surface area contributed by atoms with Crippen molar-refractivity contribution < 1.29 is 22.1 Å². The van der Waals surface area contributed by atoms with E-state index in [1.165, 1.54) is 0 Å². The number of aromatic nitrogens is 2. The van der Waals surface area contributed by atoms with Crippen LogP contribution in [0.3, 0.4) is 0 Å². The van der Waals surface area contributed by atoms with Crippen molar-refractivity contribution in [2.24, 2.45) is 7.05 Å². The van der Waals surface area contributed by atoms with E-state index in [9.17, 15) is 0 Å². The number of nitrogens with zero attached hydrogens (tertiary/aromatic N) is 1. The molecule has 0 saturated heterocycles. The zero-order valence-corrected chi connectivity index (χ0v) is 7.52. The van der Waals surface area contributed by atoms with Crippen LogP contribution in [0.2, 0.25) is 0 Å². The number of halogens is 1. The first-order valence-electron chi connectivity index (χ1n) is 3.51. The van der Waals surface area contributed by atoms with Crippen LogP contribution >= 0.6 is 0 Å². The van der Waals surface area contributed by atoms with Gasteiger partial charge in [0.25, 0.3) is 5.82 Å². The van der Waals surface area contributed by atoms with Gasteiger partial charge in [-0.1, -0.05) is 6.92 Å². The van der Waals surface area contributed by atoms with Crippen LogP contribution in [0.1, 0.15) is 19.2 Å². The molecular weight excluding hydrogens is 164 g/mol. The summed E-state index contributed by atoms with van der Waals surface area (Å²) in [7, 11) is 1.84. The summed E-state index contributed by atoms with van der Waals surface area (Å²) < 4.78 is 1.75. The lowest BCUT2D eigenvalue weighted by atomic mass is 10.3. The predicted octanol–water partition coefficient (Wildman–Crippen LogP) is -2.50. The van der Waals surface area contributed by atoms with Crippen LogP contribution in [0.25, 0.3) is 0 Å². The van der Waals surface area contributed by atoms with E-state index in [1.807, 2.05) is 7.05 Å². The average Bonchev–Trinajstić information content (AvgIpc) is 2.20. The monoisotopic (exact) mass is 176 g/mol. The first-order valence-corrected chi connectivity index (χ1v) is 3.51. The topological polar surface area (TPSA) is 39.9 Å². The van der Waals surface area contributed by atoms with Gasteiger partial charge in [-0.15, -0.1) is 0 Å². The number of aryl methyl sites for hydroxylation is 1. The van der Waals surface area contributed by atoms with Crippen LogP contribution in [-0.2, 0) is 13.5 Å². The maximum absolute atomic E-state index is 9.10. The Hall–Kier alpha value is -0.700. The maximum Gasteiger partial charge on any atom is 0.321 e. The Morgan fingerprint density at radius 2 is 2.27 bits per heavy atom. The fourth-order valence-corrected chi connectivity index (χ4v) is 0.956. The van der Waals surface area contributed by atoms with E-state index in [1.54, 1.807) is 10.8 Å². The molecule has 0 aromatic carbocycles. The third-order valence-electron chi connectivity index (χ3n) is 1.60. The Labute approximate surface area is 72.5 Å². The molecular formula is C7H13ClN2O. The van der Waals surface area contributed by atoms with Crippen molar-refractivity contribution in [3.05, 3.63) is 12.0 Å². The molecule has 4 heteroatoms. The van der Waals surface area contributed by atoms with Gasteiger partial charge < -0.3 is 17.5 Å². The van der Waals surface area contributed by atoms with Crippen molar-refractivity contribution in [1.29, 1.82) is 0 Å². The van der Waals surface area contributed by atoms with E-state index >= 15 is 0 Å². The Kier molecular flexibility index (Phi) is 3.97. The largest absolute Gasteiger partial charge is 1.00 e. The summed E-state index contributed by atoms with van der Waals surface area (Å²) in [6.07, 6.45) is 3.68. The molecule has 2 N–H and O–H groups in total. The van der Waals surface area contributed by atoms with E-state index in [0.29, 0.717) is 5.88 Å². The van der Waals surface area contributed by atoms with E-state index in [0.717, 1.165) is 18.7 Å². The van der Waals surface area contributed by atoms with Gasteiger partial charge in [0, 0.05) is 6.42 Å². The third kappa shape index (κ3) is 2.12. The summed E-state index contributed by atoms with van der Waals surface area (Å²) in [5, 5.41) is 9.10. The summed E-state index contributed by atoms with van der Waals surface area (Å²) in [6.45, 7) is 2.11. The van der Waals surface area contributed by atoms with Gasteiger partial charge in [-0.2, -0.15) is 0 Å². The molecule has 0 aliphatic carbocycles. The van der Waals surface area contributed by atoms with Crippen molar-refractivity contribution in [3.8, 4) is 5.88 Å². The molecule has 3 nitrogen and oxygen atoms in total. The van der Waals surface area contributed by atoms with Gasteiger partial charge in [0.15, 0.2) is 6.20 Å². The van der Waals surface area contributed by atoms with Crippen LogP contribution in [0, 0.1) is 0 Å². The van der Waals surface area contributed by atoms with Crippen molar-refractivity contribution in [2.45, 2.75) is 19.8 Å². The average molecular weight is 177 g/mol. The van der Waals surface area contributed by atoms with Gasteiger partial charge in [0.2, 0.25) is 0 Å². The van der Waals surface area contributed by atoms with E-state index < -0.39 is 0 Å². The Morgan fingerprint density at radius 3 is 2.64 bits per heavy atom. The molecule has 1 rings (SSSR count). The lowest BCUT2D eigenvalue weighted by Gasteiger charge is -1.89. The van der Waals surface area contributed by atoms with Crippen LogP contribution < -0.4 is 17.0 Å². The predicted molar refractivity (Wildman–Crippen MR) is 37.6 cm³/mol. The van der Waals surface area contributed by atoms with Crippen molar-refractivity contribution in [1.82, 2.24) is 4.98 Å². The third-order valence-corrected chi connectivity index (χ3v) is 1.60. The molecule has 0 amide bonds. The second-order valence-corrected chi connectivity index (χ2v) is 2.40. The standard InChI is InChI=1S/C7H12N2O.ClH/c1-3-4-6-8-5-7(10)9(6)2;/h5,10H,3-4H2,1-2H3;1H. The van der Waals surface area contributed by atoms with E-state index in [2.05, 4.69) is 11.9 Å². The molecule has 0 aliphatic heterocycles. The van der Waals surface area contributed by atoms with Crippen molar-refractivity contribution in [2.75, 3.05) is 0 Å². The van der Waals surface area contributed by atoms with Gasteiger partial charge in [-0.3, -0.25) is 0 Å². The molecule has 1 heterocycles. The fraction of sp³-hybridized carbons (Fsp3) is 0.571. The second kappa shape index (κ2) is 4.23. The number of rotatable bonds is 2. The molecule has 64 valence electrons. The minimum absolute atomic E-state index is 0. The van der Waals surface area contributed by atoms with E-state index in [4.69, 9.17) is 5.11 Å². The van der Waals surface area contributed by atoms with Crippen molar-refractivity contribution in [3.63, 3.8) is 0 Å². The zero-order chi connectivity index (χ0) is 7.56. The summed E-state index contributed by atoms with van der Waals surface area (Å²) in [4.78, 5) is 2.99. The smallest absolute Gasteiger partial charge is 0.321 e. The van der Waals surface area contributed by atoms with Crippen LogP contribution in [0.4, 0.5) is 0 Å². The fourth-order valence-electron chi connectivity index (χ4n) is 0.956. The Morgan fingerprint density at radius 1 is 1.64 bits per heavy atom. The van der Waals surface area contributed by atoms with Gasteiger partial charge in [-0.05, 0) is 6.42 Å². The first kappa shape index (κ1) is 10.3. The molecule has 1 aromatic rings. The van der Waals surface area contributed by atoms with Crippen molar-refractivity contribution >= 4 is 0 Å². The molecule has 0 spiro atoms. The Bertz CT molecular complexity index is 222. The number of aromatic amines is 1. The minimum atomic E-state index is 0. The van der Waals surface area contributed by atoms with Crippen LogP contribution in [0.15, 0.2) is 6.20 Å². The summed E-state index contributed by atoms with van der Waals surface area (Å²) in [6, 6.07) is 0. The molecule has 0 saturated carbocycles. The highest BCUT2D eigenvalue weighted by Crippen LogP contribution is 2.00. The van der Waals surface area contributed by atoms with Crippen LogP contribution in [-0.4, -0.2) is 10.1 Å². The van der Waals surface area contributed by atoms with Crippen LogP contribution in [0.5, 0.6) is 5.88 Å². The van der Waals surface area contributed by atoms with Gasteiger partial charge in [0.05, 0.1) is 7.05 Å². The number of hydrogen-bond acceptors (Lipinski definition) is 1. The molecule has 0 aliphatic rings. The molecule has 0 radical (unpaired) electrons. The summed E-state index contributed by atoms with van der Waals surface area (Å²) >= 11 is 0. The number of imidazole rings is 1. The van der Waals surface area contributed by atoms with Gasteiger partial charge in [0.1, 0.15) is 0 Å². The molecule has 11 heavy (non-hydrogen) atoms. The number of H-pyrrole nitrogens is 1. The molecule has 0 unspecified atom stereocenters. The molecule has 1 aromatic heterocycles. The highest BCUT2D eigenvalue weighted by molar-refractivity contribution is 4.93. The SMILES string of the molecule is CCCc1[nH]cc(O)[n+]1C.[Cl-]. The second-order valence-electron chi connectivity index (χ2n) is 2.40. The quantitative estimate of drug-likeness (QED) is 0.481. The summed E-state index contributed by atoms with van der Waals surface area (Å²) in [5.41, 5.74) is 0. The number of nitrogens with one attached hydrogen (secondary N) is 1. The number of aromatic hydroxyl groups is 1. The highest BCUT2D eigenvalue weighted by atomic mass is 35.5.